The number of nitrogens with zero attached hydrogens (tertiary/aromatic N) is 1. The van der Waals surface area contributed by atoms with Crippen molar-refractivity contribution in [1.29, 1.82) is 0 Å². The third kappa shape index (κ3) is 7.29. The highest BCUT2D eigenvalue weighted by atomic mass is 16.5. The zero-order valence-electron chi connectivity index (χ0n) is 13.2. The summed E-state index contributed by atoms with van der Waals surface area (Å²) in [7, 11) is 1.33. The lowest BCUT2D eigenvalue weighted by Crippen LogP contribution is -2.49. The topological polar surface area (TPSA) is 79.9 Å². The number of hydrogen-bond acceptors (Lipinski definition) is 5. The van der Waals surface area contributed by atoms with Gasteiger partial charge in [0.25, 0.3) is 0 Å². The van der Waals surface area contributed by atoms with Gasteiger partial charge in [-0.05, 0) is 12.3 Å². The van der Waals surface area contributed by atoms with Crippen molar-refractivity contribution in [2.24, 2.45) is 5.92 Å². The van der Waals surface area contributed by atoms with Crippen LogP contribution < -0.4 is 10.6 Å². The molecular formula is C14H27N3O4. The fourth-order valence-corrected chi connectivity index (χ4v) is 2.19. The lowest BCUT2D eigenvalue weighted by molar-refractivity contribution is -0.143. The van der Waals surface area contributed by atoms with Crippen LogP contribution in [-0.2, 0) is 14.3 Å². The summed E-state index contributed by atoms with van der Waals surface area (Å²) in [6, 6.07) is -0.933. The Labute approximate surface area is 126 Å². The standard InChI is InChI=1S/C14H27N3O4/c1-11(2)10-12(13(18)20-3)16-14(19)15-4-5-17-6-8-21-9-7-17/h11-12H,4-10H2,1-3H3,(H2,15,16,19). The molecule has 7 nitrogen and oxygen atoms in total. The molecular weight excluding hydrogens is 274 g/mol. The van der Waals surface area contributed by atoms with Crippen molar-refractivity contribution in [2.45, 2.75) is 26.3 Å². The lowest BCUT2D eigenvalue weighted by atomic mass is 10.0. The largest absolute Gasteiger partial charge is 0.467 e. The summed E-state index contributed by atoms with van der Waals surface area (Å²) in [5, 5.41) is 5.44. The average Bonchev–Trinajstić information content (AvgIpc) is 2.46. The number of carbonyl (C=O) groups is 2. The van der Waals surface area contributed by atoms with E-state index in [0.717, 1.165) is 32.8 Å². The van der Waals surface area contributed by atoms with E-state index >= 15 is 0 Å². The Morgan fingerprint density at radius 2 is 1.95 bits per heavy atom. The highest BCUT2D eigenvalue weighted by molar-refractivity contribution is 5.83. The van der Waals surface area contributed by atoms with Gasteiger partial charge in [0.1, 0.15) is 6.04 Å². The van der Waals surface area contributed by atoms with E-state index in [0.29, 0.717) is 18.9 Å². The molecule has 21 heavy (non-hydrogen) atoms. The monoisotopic (exact) mass is 301 g/mol. The molecule has 7 heteroatoms. The molecule has 1 aliphatic heterocycles. The summed E-state index contributed by atoms with van der Waals surface area (Å²) in [5.74, 6) is -0.116. The predicted molar refractivity (Wildman–Crippen MR) is 79.1 cm³/mol. The minimum atomic E-state index is -0.599. The summed E-state index contributed by atoms with van der Waals surface area (Å²) in [6.07, 6.45) is 0.559. The van der Waals surface area contributed by atoms with Crippen LogP contribution >= 0.6 is 0 Å². The van der Waals surface area contributed by atoms with Crippen LogP contribution in [0.4, 0.5) is 4.79 Å². The van der Waals surface area contributed by atoms with E-state index in [4.69, 9.17) is 9.47 Å². The quantitative estimate of drug-likeness (QED) is 0.657. The number of morpholine rings is 1. The summed E-state index contributed by atoms with van der Waals surface area (Å²) < 4.78 is 9.97. The molecule has 1 fully saturated rings. The van der Waals surface area contributed by atoms with Gasteiger partial charge < -0.3 is 20.1 Å². The maximum Gasteiger partial charge on any atom is 0.328 e. The molecule has 2 amide bonds. The molecule has 0 bridgehead atoms. The summed E-state index contributed by atoms with van der Waals surface area (Å²) >= 11 is 0. The number of methoxy groups -OCH3 is 1. The van der Waals surface area contributed by atoms with Crippen LogP contribution in [0.1, 0.15) is 20.3 Å². The first-order valence-corrected chi connectivity index (χ1v) is 7.45. The SMILES string of the molecule is COC(=O)C(CC(C)C)NC(=O)NCCN1CCOCC1. The van der Waals surface area contributed by atoms with Crippen LogP contribution in [0.15, 0.2) is 0 Å². The smallest absolute Gasteiger partial charge is 0.328 e. The van der Waals surface area contributed by atoms with Gasteiger partial charge in [-0.2, -0.15) is 0 Å². The maximum absolute atomic E-state index is 11.8. The van der Waals surface area contributed by atoms with Crippen LogP contribution in [0.2, 0.25) is 0 Å². The molecule has 1 unspecified atom stereocenters. The zero-order valence-corrected chi connectivity index (χ0v) is 13.2. The average molecular weight is 301 g/mol. The number of hydrogen-bond donors (Lipinski definition) is 2. The normalized spacial score (nSPS) is 17.3. The van der Waals surface area contributed by atoms with Crippen molar-refractivity contribution < 1.29 is 19.1 Å². The molecule has 0 saturated carbocycles. The molecule has 0 aliphatic carbocycles. The van der Waals surface area contributed by atoms with E-state index in [9.17, 15) is 9.59 Å². The Hall–Kier alpha value is -1.34. The highest BCUT2D eigenvalue weighted by Gasteiger charge is 2.22. The van der Waals surface area contributed by atoms with Crippen molar-refractivity contribution in [2.75, 3.05) is 46.5 Å². The van der Waals surface area contributed by atoms with Gasteiger partial charge >= 0.3 is 12.0 Å². The molecule has 0 aromatic heterocycles. The third-order valence-electron chi connectivity index (χ3n) is 3.32. The Kier molecular flexibility index (Phi) is 8.07. The van der Waals surface area contributed by atoms with E-state index in [1.807, 2.05) is 13.8 Å². The molecule has 2 N–H and O–H groups in total. The predicted octanol–water partition coefficient (Wildman–Crippen LogP) is 0.206. The minimum Gasteiger partial charge on any atom is -0.467 e. The van der Waals surface area contributed by atoms with Gasteiger partial charge in [-0.15, -0.1) is 0 Å². The number of ether oxygens (including phenoxy) is 2. The summed E-state index contributed by atoms with van der Waals surface area (Å²) in [6.45, 7) is 8.58. The summed E-state index contributed by atoms with van der Waals surface area (Å²) in [4.78, 5) is 25.7. The van der Waals surface area contributed by atoms with Gasteiger partial charge in [0.2, 0.25) is 0 Å². The fraction of sp³-hybridized carbons (Fsp3) is 0.857. The first kappa shape index (κ1) is 17.7. The Morgan fingerprint density at radius 1 is 1.29 bits per heavy atom. The van der Waals surface area contributed by atoms with E-state index in [-0.39, 0.29) is 6.03 Å². The number of rotatable bonds is 7. The maximum atomic E-state index is 11.8. The molecule has 0 aromatic rings. The van der Waals surface area contributed by atoms with Gasteiger partial charge in [0.05, 0.1) is 20.3 Å². The van der Waals surface area contributed by atoms with E-state index in [2.05, 4.69) is 15.5 Å². The molecule has 0 aromatic carbocycles. The molecule has 1 saturated heterocycles. The van der Waals surface area contributed by atoms with Crippen molar-refractivity contribution in [3.05, 3.63) is 0 Å². The van der Waals surface area contributed by atoms with E-state index in [1.54, 1.807) is 0 Å². The van der Waals surface area contributed by atoms with Crippen LogP contribution in [0.25, 0.3) is 0 Å². The molecule has 1 heterocycles. The van der Waals surface area contributed by atoms with Crippen molar-refractivity contribution in [3.8, 4) is 0 Å². The Bertz CT molecular complexity index is 330. The van der Waals surface area contributed by atoms with Crippen LogP contribution in [0.3, 0.4) is 0 Å². The fourth-order valence-electron chi connectivity index (χ4n) is 2.19. The number of nitrogens with one attached hydrogen (secondary N) is 2. The van der Waals surface area contributed by atoms with Gasteiger partial charge in [0, 0.05) is 26.2 Å². The van der Waals surface area contributed by atoms with Crippen molar-refractivity contribution >= 4 is 12.0 Å². The minimum absolute atomic E-state index is 0.294. The van der Waals surface area contributed by atoms with Gasteiger partial charge in [-0.3, -0.25) is 4.90 Å². The number of urea groups is 1. The van der Waals surface area contributed by atoms with Crippen molar-refractivity contribution in [1.82, 2.24) is 15.5 Å². The van der Waals surface area contributed by atoms with Gasteiger partial charge in [-0.25, -0.2) is 9.59 Å². The number of carbonyl (C=O) groups excluding carboxylic acids is 2. The second-order valence-corrected chi connectivity index (χ2v) is 5.56. The Balaban J connectivity index is 2.27. The molecule has 0 radical (unpaired) electrons. The first-order chi connectivity index (χ1) is 10.0. The number of amides is 2. The van der Waals surface area contributed by atoms with Gasteiger partial charge in [-0.1, -0.05) is 13.8 Å². The first-order valence-electron chi connectivity index (χ1n) is 7.45. The zero-order chi connectivity index (χ0) is 15.7. The molecule has 0 spiro atoms. The number of esters is 1. The van der Waals surface area contributed by atoms with E-state index < -0.39 is 12.0 Å². The highest BCUT2D eigenvalue weighted by Crippen LogP contribution is 2.06. The van der Waals surface area contributed by atoms with Crippen molar-refractivity contribution in [3.63, 3.8) is 0 Å². The van der Waals surface area contributed by atoms with Crippen LogP contribution in [-0.4, -0.2) is 69.4 Å². The van der Waals surface area contributed by atoms with Gasteiger partial charge in [0.15, 0.2) is 0 Å². The lowest BCUT2D eigenvalue weighted by Gasteiger charge is -2.26. The molecule has 122 valence electrons. The summed E-state index contributed by atoms with van der Waals surface area (Å²) in [5.41, 5.74) is 0. The molecule has 1 aliphatic rings. The third-order valence-corrected chi connectivity index (χ3v) is 3.32. The molecule has 1 rings (SSSR count). The second-order valence-electron chi connectivity index (χ2n) is 5.56. The molecule has 1 atom stereocenters. The van der Waals surface area contributed by atoms with Crippen LogP contribution in [0.5, 0.6) is 0 Å². The van der Waals surface area contributed by atoms with E-state index in [1.165, 1.54) is 7.11 Å². The Morgan fingerprint density at radius 3 is 2.52 bits per heavy atom. The van der Waals surface area contributed by atoms with Crippen LogP contribution in [0, 0.1) is 5.92 Å². The second kappa shape index (κ2) is 9.57.